The van der Waals surface area contributed by atoms with Crippen LogP contribution in [0.25, 0.3) is 0 Å². The van der Waals surface area contributed by atoms with E-state index in [1.807, 2.05) is 6.07 Å². The Balaban J connectivity index is 1.46. The molecule has 1 aliphatic rings. The first-order chi connectivity index (χ1) is 12.4. The van der Waals surface area contributed by atoms with Crippen molar-refractivity contribution in [3.8, 4) is 0 Å². The van der Waals surface area contributed by atoms with Crippen molar-refractivity contribution in [2.45, 2.75) is 32.1 Å². The molecular weight excluding hydrogens is 365 g/mol. The number of carbonyl (C=O) groups excluding carboxylic acids is 1. The zero-order valence-electron chi connectivity index (χ0n) is 14.2. The van der Waals surface area contributed by atoms with Gasteiger partial charge < -0.3 is 5.32 Å². The summed E-state index contributed by atoms with van der Waals surface area (Å²) in [6.07, 6.45) is 0.0652. The summed E-state index contributed by atoms with van der Waals surface area (Å²) >= 11 is 1.74. The van der Waals surface area contributed by atoms with Crippen LogP contribution in [-0.4, -0.2) is 46.4 Å². The molecule has 1 amide bonds. The molecule has 1 atom stereocenters. The summed E-state index contributed by atoms with van der Waals surface area (Å²) in [5.74, 6) is -0.0355. The van der Waals surface area contributed by atoms with Gasteiger partial charge in [0.1, 0.15) is 6.54 Å². The maximum Gasteiger partial charge on any atom is 0.408 e. The number of nitrogens with one attached hydrogen (secondary N) is 1. The first-order valence-corrected chi connectivity index (χ1v) is 9.39. The van der Waals surface area contributed by atoms with Crippen LogP contribution in [0.2, 0.25) is 0 Å². The molecule has 0 spiro atoms. The molecule has 1 unspecified atom stereocenters. The largest absolute Gasteiger partial charge is 0.408 e. The van der Waals surface area contributed by atoms with Gasteiger partial charge in [-0.05, 0) is 36.8 Å². The van der Waals surface area contributed by atoms with Crippen molar-refractivity contribution in [1.82, 2.24) is 20.0 Å². The van der Waals surface area contributed by atoms with Gasteiger partial charge in [-0.1, -0.05) is 6.07 Å². The van der Waals surface area contributed by atoms with E-state index >= 15 is 0 Å². The van der Waals surface area contributed by atoms with Gasteiger partial charge in [0.25, 0.3) is 5.91 Å². The second-order valence-corrected chi connectivity index (χ2v) is 7.61. The highest BCUT2D eigenvalue weighted by Gasteiger charge is 2.28. The van der Waals surface area contributed by atoms with E-state index in [0.717, 1.165) is 43.4 Å². The first-order valence-electron chi connectivity index (χ1n) is 8.51. The number of alkyl halides is 3. The van der Waals surface area contributed by atoms with E-state index in [0.29, 0.717) is 12.5 Å². The van der Waals surface area contributed by atoms with Crippen molar-refractivity contribution in [3.63, 3.8) is 0 Å². The van der Waals surface area contributed by atoms with Crippen molar-refractivity contribution in [3.05, 3.63) is 40.3 Å². The lowest BCUT2D eigenvalue weighted by Crippen LogP contribution is -2.40. The molecule has 0 saturated carbocycles. The van der Waals surface area contributed by atoms with E-state index < -0.39 is 12.7 Å². The summed E-state index contributed by atoms with van der Waals surface area (Å²) in [5.41, 5.74) is 0.153. The molecule has 0 aromatic carbocycles. The van der Waals surface area contributed by atoms with Crippen LogP contribution in [0.15, 0.2) is 29.9 Å². The summed E-state index contributed by atoms with van der Waals surface area (Å²) in [5, 5.41) is 8.49. The quantitative estimate of drug-likeness (QED) is 0.830. The molecule has 2 aromatic rings. The summed E-state index contributed by atoms with van der Waals surface area (Å²) in [7, 11) is 0. The van der Waals surface area contributed by atoms with E-state index in [1.54, 1.807) is 11.3 Å². The van der Waals surface area contributed by atoms with E-state index in [-0.39, 0.29) is 11.5 Å². The number of carbonyl (C=O) groups is 1. The highest BCUT2D eigenvalue weighted by Crippen LogP contribution is 2.20. The first kappa shape index (κ1) is 18.9. The Morgan fingerprint density at radius 1 is 1.42 bits per heavy atom. The van der Waals surface area contributed by atoms with Crippen LogP contribution in [-0.2, 0) is 13.1 Å². The molecular formula is C17H21F3N4OS. The highest BCUT2D eigenvalue weighted by molar-refractivity contribution is 7.09. The Morgan fingerprint density at radius 3 is 3.00 bits per heavy atom. The van der Waals surface area contributed by atoms with Gasteiger partial charge in [0.05, 0.1) is 11.8 Å². The van der Waals surface area contributed by atoms with Crippen LogP contribution in [0, 0.1) is 5.92 Å². The molecule has 1 saturated heterocycles. The molecule has 26 heavy (non-hydrogen) atoms. The minimum Gasteiger partial charge on any atom is -0.352 e. The molecule has 0 radical (unpaired) electrons. The lowest BCUT2D eigenvalue weighted by Gasteiger charge is -2.32. The third-order valence-corrected chi connectivity index (χ3v) is 5.21. The van der Waals surface area contributed by atoms with Crippen molar-refractivity contribution in [1.29, 1.82) is 0 Å². The number of likely N-dealkylation sites (tertiary alicyclic amines) is 1. The number of hydrogen-bond donors (Lipinski definition) is 1. The maximum atomic E-state index is 12.3. The predicted molar refractivity (Wildman–Crippen MR) is 92.9 cm³/mol. The van der Waals surface area contributed by atoms with Gasteiger partial charge >= 0.3 is 6.18 Å². The predicted octanol–water partition coefficient (Wildman–Crippen LogP) is 3.15. The number of hydrogen-bond acceptors (Lipinski definition) is 4. The molecule has 0 bridgehead atoms. The van der Waals surface area contributed by atoms with Gasteiger partial charge in [0.2, 0.25) is 0 Å². The van der Waals surface area contributed by atoms with Crippen LogP contribution in [0.3, 0.4) is 0 Å². The molecule has 5 nitrogen and oxygen atoms in total. The molecule has 3 heterocycles. The Kier molecular flexibility index (Phi) is 5.98. The molecule has 1 N–H and O–H groups in total. The molecule has 3 rings (SSSR count). The summed E-state index contributed by atoms with van der Waals surface area (Å²) in [4.78, 5) is 15.9. The molecule has 142 valence electrons. The third-order valence-electron chi connectivity index (χ3n) is 4.35. The monoisotopic (exact) mass is 386 g/mol. The number of halogens is 3. The van der Waals surface area contributed by atoms with Gasteiger partial charge in [-0.15, -0.1) is 11.3 Å². The number of thiophene rings is 1. The van der Waals surface area contributed by atoms with Crippen LogP contribution in [0.5, 0.6) is 0 Å². The minimum atomic E-state index is -4.35. The Bertz CT molecular complexity index is 714. The summed E-state index contributed by atoms with van der Waals surface area (Å²) in [6, 6.07) is 4.16. The molecule has 1 fully saturated rings. The van der Waals surface area contributed by atoms with E-state index in [4.69, 9.17) is 0 Å². The second kappa shape index (κ2) is 8.22. The number of amides is 1. The van der Waals surface area contributed by atoms with Crippen LogP contribution < -0.4 is 5.32 Å². The second-order valence-electron chi connectivity index (χ2n) is 6.57. The molecule has 0 aliphatic carbocycles. The van der Waals surface area contributed by atoms with Gasteiger partial charge in [-0.2, -0.15) is 18.3 Å². The standard InChI is InChI=1S/C17H21F3N4OS/c18-17(19,20)12-24-10-14(8-22-24)16(25)21-7-13-3-1-5-23(9-13)11-15-4-2-6-26-15/h2,4,6,8,10,13H,1,3,5,7,9,11-12H2,(H,21,25). The van der Waals surface area contributed by atoms with Crippen molar-refractivity contribution in [2.24, 2.45) is 5.92 Å². The number of piperidine rings is 1. The Morgan fingerprint density at radius 2 is 2.27 bits per heavy atom. The smallest absolute Gasteiger partial charge is 0.352 e. The fraction of sp³-hybridized carbons (Fsp3) is 0.529. The number of rotatable bonds is 6. The molecule has 1 aliphatic heterocycles. The summed E-state index contributed by atoms with van der Waals surface area (Å²) < 4.78 is 37.8. The zero-order chi connectivity index (χ0) is 18.6. The normalized spacial score (nSPS) is 18.8. The number of aromatic nitrogens is 2. The SMILES string of the molecule is O=C(NCC1CCCN(Cc2cccs2)C1)c1cnn(CC(F)(F)F)c1. The van der Waals surface area contributed by atoms with Crippen molar-refractivity contribution in [2.75, 3.05) is 19.6 Å². The third kappa shape index (κ3) is 5.57. The molecule has 2 aromatic heterocycles. The van der Waals surface area contributed by atoms with E-state index in [1.165, 1.54) is 11.1 Å². The number of nitrogens with zero attached hydrogens (tertiary/aromatic N) is 3. The van der Waals surface area contributed by atoms with Gasteiger partial charge in [-0.3, -0.25) is 14.4 Å². The van der Waals surface area contributed by atoms with E-state index in [2.05, 4.69) is 26.8 Å². The Hall–Kier alpha value is -1.87. The van der Waals surface area contributed by atoms with Gasteiger partial charge in [-0.25, -0.2) is 0 Å². The van der Waals surface area contributed by atoms with Gasteiger partial charge in [0, 0.05) is 30.7 Å². The lowest BCUT2D eigenvalue weighted by atomic mass is 9.98. The topological polar surface area (TPSA) is 50.2 Å². The summed E-state index contributed by atoms with van der Waals surface area (Å²) in [6.45, 7) is 2.20. The van der Waals surface area contributed by atoms with Crippen molar-refractivity contribution < 1.29 is 18.0 Å². The van der Waals surface area contributed by atoms with Crippen molar-refractivity contribution >= 4 is 17.2 Å². The minimum absolute atomic E-state index is 0.153. The fourth-order valence-corrected chi connectivity index (χ4v) is 3.92. The zero-order valence-corrected chi connectivity index (χ0v) is 15.0. The Labute approximate surface area is 153 Å². The lowest BCUT2D eigenvalue weighted by molar-refractivity contribution is -0.142. The van der Waals surface area contributed by atoms with Crippen LogP contribution >= 0.6 is 11.3 Å². The average molecular weight is 386 g/mol. The fourth-order valence-electron chi connectivity index (χ4n) is 3.17. The van der Waals surface area contributed by atoms with Crippen LogP contribution in [0.4, 0.5) is 13.2 Å². The maximum absolute atomic E-state index is 12.3. The van der Waals surface area contributed by atoms with Gasteiger partial charge in [0.15, 0.2) is 0 Å². The van der Waals surface area contributed by atoms with Crippen LogP contribution in [0.1, 0.15) is 28.1 Å². The highest BCUT2D eigenvalue weighted by atomic mass is 32.1. The average Bonchev–Trinajstić information content (AvgIpc) is 3.23. The van der Waals surface area contributed by atoms with E-state index in [9.17, 15) is 18.0 Å². The molecule has 9 heteroatoms.